The molecule has 2 saturated heterocycles. The molecular weight excluding hydrogens is 301 g/mol. The van der Waals surface area contributed by atoms with Crippen molar-refractivity contribution in [1.82, 2.24) is 10.2 Å². The van der Waals surface area contributed by atoms with Gasteiger partial charge in [-0.25, -0.2) is 0 Å². The monoisotopic (exact) mass is 320 g/mol. The molecule has 1 aromatic rings. The highest BCUT2D eigenvalue weighted by Crippen LogP contribution is 2.29. The molecule has 0 spiro atoms. The van der Waals surface area contributed by atoms with Gasteiger partial charge in [-0.05, 0) is 37.0 Å². The number of alkyl halides is 3. The van der Waals surface area contributed by atoms with Crippen LogP contribution in [0.25, 0.3) is 0 Å². The van der Waals surface area contributed by atoms with Crippen molar-refractivity contribution in [1.29, 1.82) is 0 Å². The Morgan fingerprint density at radius 2 is 1.71 bits per heavy atom. The molecule has 2 unspecified atom stereocenters. The summed E-state index contributed by atoms with van der Waals surface area (Å²) in [5.41, 5.74) is 0.383. The number of hydrogen-bond donors (Lipinski definition) is 1. The molecule has 0 radical (unpaired) electrons. The fourth-order valence-corrected chi connectivity index (χ4v) is 3.22. The Balaban J connectivity index is 0.00000161. The van der Waals surface area contributed by atoms with E-state index < -0.39 is 11.7 Å². The smallest absolute Gasteiger partial charge is 0.310 e. The number of halogens is 4. The van der Waals surface area contributed by atoms with Crippen molar-refractivity contribution < 1.29 is 13.2 Å². The van der Waals surface area contributed by atoms with Gasteiger partial charge in [0.15, 0.2) is 0 Å². The van der Waals surface area contributed by atoms with Gasteiger partial charge < -0.3 is 5.32 Å². The molecule has 2 heterocycles. The van der Waals surface area contributed by atoms with E-state index in [2.05, 4.69) is 10.2 Å². The summed E-state index contributed by atoms with van der Waals surface area (Å²) in [7, 11) is 0. The summed E-state index contributed by atoms with van der Waals surface area (Å²) in [4.78, 5) is 2.35. The zero-order chi connectivity index (χ0) is 14.2. The van der Waals surface area contributed by atoms with E-state index in [9.17, 15) is 13.2 Å². The molecule has 118 valence electrons. The minimum Gasteiger partial charge on any atom is -0.310 e. The quantitative estimate of drug-likeness (QED) is 0.898. The molecule has 0 amide bonds. The third-order valence-corrected chi connectivity index (χ3v) is 4.29. The Hall–Kier alpha value is -0.780. The summed E-state index contributed by atoms with van der Waals surface area (Å²) in [5, 5.41) is 3.61. The molecule has 2 aliphatic heterocycles. The molecule has 0 saturated carbocycles. The van der Waals surface area contributed by atoms with Crippen LogP contribution in [0.2, 0.25) is 0 Å². The van der Waals surface area contributed by atoms with Gasteiger partial charge in [0.1, 0.15) is 0 Å². The zero-order valence-corrected chi connectivity index (χ0v) is 12.5. The van der Waals surface area contributed by atoms with Gasteiger partial charge >= 0.3 is 6.18 Å². The second kappa shape index (κ2) is 6.55. The van der Waals surface area contributed by atoms with Crippen LogP contribution in [-0.4, -0.2) is 30.1 Å². The summed E-state index contributed by atoms with van der Waals surface area (Å²) >= 11 is 0. The van der Waals surface area contributed by atoms with E-state index in [0.29, 0.717) is 12.1 Å². The SMILES string of the molecule is Cl.FC(F)(F)c1ccc(CN2CCC3CCC(C2)N3)cc1. The maximum Gasteiger partial charge on any atom is 0.416 e. The number of rotatable bonds is 2. The number of benzene rings is 1. The minimum absolute atomic E-state index is 0. The van der Waals surface area contributed by atoms with Gasteiger partial charge in [-0.1, -0.05) is 12.1 Å². The fraction of sp³-hybridized carbons (Fsp3) is 0.600. The molecule has 21 heavy (non-hydrogen) atoms. The second-order valence-electron chi connectivity index (χ2n) is 5.86. The first-order chi connectivity index (χ1) is 9.50. The van der Waals surface area contributed by atoms with Crippen LogP contribution in [0.5, 0.6) is 0 Å². The van der Waals surface area contributed by atoms with Crippen LogP contribution in [0, 0.1) is 0 Å². The first-order valence-corrected chi connectivity index (χ1v) is 7.15. The lowest BCUT2D eigenvalue weighted by molar-refractivity contribution is -0.137. The number of nitrogens with zero attached hydrogens (tertiary/aromatic N) is 1. The lowest BCUT2D eigenvalue weighted by Crippen LogP contribution is -2.34. The normalized spacial score (nSPS) is 26.2. The molecule has 2 atom stereocenters. The van der Waals surface area contributed by atoms with Gasteiger partial charge in [-0.3, -0.25) is 4.90 Å². The molecular formula is C15H20ClF3N2. The molecule has 0 aromatic heterocycles. The van der Waals surface area contributed by atoms with E-state index in [1.54, 1.807) is 12.1 Å². The van der Waals surface area contributed by atoms with Crippen LogP contribution in [-0.2, 0) is 12.7 Å². The topological polar surface area (TPSA) is 15.3 Å². The average Bonchev–Trinajstić information content (AvgIpc) is 2.72. The molecule has 2 nitrogen and oxygen atoms in total. The largest absolute Gasteiger partial charge is 0.416 e. The Bertz CT molecular complexity index is 461. The Labute approximate surface area is 129 Å². The third kappa shape index (κ3) is 4.11. The molecule has 2 fully saturated rings. The van der Waals surface area contributed by atoms with Gasteiger partial charge in [-0.2, -0.15) is 13.2 Å². The first kappa shape index (κ1) is 16.6. The maximum absolute atomic E-state index is 12.5. The van der Waals surface area contributed by atoms with Crippen molar-refractivity contribution in [3.8, 4) is 0 Å². The highest BCUT2D eigenvalue weighted by atomic mass is 35.5. The summed E-state index contributed by atoms with van der Waals surface area (Å²) in [6, 6.07) is 6.74. The van der Waals surface area contributed by atoms with E-state index in [1.165, 1.54) is 25.0 Å². The molecule has 1 aromatic carbocycles. The van der Waals surface area contributed by atoms with E-state index in [-0.39, 0.29) is 12.4 Å². The summed E-state index contributed by atoms with van der Waals surface area (Å²) < 4.78 is 37.5. The van der Waals surface area contributed by atoms with Gasteiger partial charge in [0.25, 0.3) is 0 Å². The van der Waals surface area contributed by atoms with Crippen LogP contribution < -0.4 is 5.32 Å². The van der Waals surface area contributed by atoms with Crippen LogP contribution in [0.4, 0.5) is 13.2 Å². The number of likely N-dealkylation sites (tertiary alicyclic amines) is 1. The van der Waals surface area contributed by atoms with Crippen molar-refractivity contribution in [3.05, 3.63) is 35.4 Å². The van der Waals surface area contributed by atoms with E-state index in [1.807, 2.05) is 0 Å². The van der Waals surface area contributed by atoms with Gasteiger partial charge in [0, 0.05) is 31.7 Å². The van der Waals surface area contributed by atoms with Gasteiger partial charge in [-0.15, -0.1) is 12.4 Å². The standard InChI is InChI=1S/C15H19F3N2.ClH/c16-15(17,18)12-3-1-11(2-4-12)9-20-8-7-13-5-6-14(10-20)19-13;/h1-4,13-14,19H,5-10H2;1H. The van der Waals surface area contributed by atoms with Gasteiger partial charge in [0.2, 0.25) is 0 Å². The first-order valence-electron chi connectivity index (χ1n) is 7.15. The molecule has 2 bridgehead atoms. The van der Waals surface area contributed by atoms with E-state index in [0.717, 1.165) is 31.6 Å². The van der Waals surface area contributed by atoms with Crippen LogP contribution in [0.3, 0.4) is 0 Å². The van der Waals surface area contributed by atoms with Crippen LogP contribution in [0.15, 0.2) is 24.3 Å². The number of nitrogens with one attached hydrogen (secondary N) is 1. The Morgan fingerprint density at radius 3 is 2.38 bits per heavy atom. The van der Waals surface area contributed by atoms with Crippen LogP contribution >= 0.6 is 12.4 Å². The number of fused-ring (bicyclic) bond motifs is 2. The fourth-order valence-electron chi connectivity index (χ4n) is 3.22. The highest BCUT2D eigenvalue weighted by Gasteiger charge is 2.31. The van der Waals surface area contributed by atoms with Crippen molar-refractivity contribution in [3.63, 3.8) is 0 Å². The molecule has 0 aliphatic carbocycles. The number of hydrogen-bond acceptors (Lipinski definition) is 2. The third-order valence-electron chi connectivity index (χ3n) is 4.29. The van der Waals surface area contributed by atoms with Crippen molar-refractivity contribution in [2.75, 3.05) is 13.1 Å². The predicted molar refractivity (Wildman–Crippen MR) is 78.5 cm³/mol. The summed E-state index contributed by atoms with van der Waals surface area (Å²) in [6.07, 6.45) is -0.631. The zero-order valence-electron chi connectivity index (χ0n) is 11.7. The minimum atomic E-state index is -4.25. The summed E-state index contributed by atoms with van der Waals surface area (Å²) in [6.45, 7) is 2.76. The Morgan fingerprint density at radius 1 is 1.05 bits per heavy atom. The lowest BCUT2D eigenvalue weighted by atomic mass is 10.1. The Kier molecular flexibility index (Phi) is 5.17. The van der Waals surface area contributed by atoms with Crippen molar-refractivity contribution in [2.45, 2.75) is 44.1 Å². The molecule has 2 aliphatic rings. The lowest BCUT2D eigenvalue weighted by Gasteiger charge is -2.24. The van der Waals surface area contributed by atoms with Crippen molar-refractivity contribution >= 4 is 12.4 Å². The predicted octanol–water partition coefficient (Wildman–Crippen LogP) is 3.45. The highest BCUT2D eigenvalue weighted by molar-refractivity contribution is 5.85. The van der Waals surface area contributed by atoms with Gasteiger partial charge in [0.05, 0.1) is 5.56 Å². The van der Waals surface area contributed by atoms with E-state index >= 15 is 0 Å². The molecule has 6 heteroatoms. The molecule has 1 N–H and O–H groups in total. The van der Waals surface area contributed by atoms with Crippen LogP contribution in [0.1, 0.15) is 30.4 Å². The summed E-state index contributed by atoms with van der Waals surface area (Å²) in [5.74, 6) is 0. The van der Waals surface area contributed by atoms with E-state index in [4.69, 9.17) is 0 Å². The second-order valence-corrected chi connectivity index (χ2v) is 5.86. The maximum atomic E-state index is 12.5. The van der Waals surface area contributed by atoms with Crippen molar-refractivity contribution in [2.24, 2.45) is 0 Å². The molecule has 3 rings (SSSR count). The average molecular weight is 321 g/mol.